The van der Waals surface area contributed by atoms with E-state index in [1.54, 1.807) is 66.7 Å². The van der Waals surface area contributed by atoms with Gasteiger partial charge in [-0.05, 0) is 43.3 Å². The summed E-state index contributed by atoms with van der Waals surface area (Å²) in [5.41, 5.74) is 2.44. The first kappa shape index (κ1) is 19.4. The van der Waals surface area contributed by atoms with Crippen molar-refractivity contribution in [3.8, 4) is 5.75 Å². The molecule has 4 rings (SSSR count). The minimum absolute atomic E-state index is 0.223. The van der Waals surface area contributed by atoms with Crippen LogP contribution in [0.4, 0.5) is 11.4 Å². The molecule has 0 spiro atoms. The molecule has 2 amide bonds. The topological polar surface area (TPSA) is 75.7 Å². The van der Waals surface area contributed by atoms with Gasteiger partial charge in [0.25, 0.3) is 5.91 Å². The van der Waals surface area contributed by atoms with E-state index in [4.69, 9.17) is 4.74 Å². The van der Waals surface area contributed by atoms with E-state index in [1.165, 1.54) is 4.90 Å². The first-order chi connectivity index (χ1) is 14.5. The first-order valence-corrected chi connectivity index (χ1v) is 9.59. The molecule has 0 aliphatic carbocycles. The van der Waals surface area contributed by atoms with Crippen LogP contribution in [0.1, 0.15) is 22.3 Å². The second-order valence-electron chi connectivity index (χ2n) is 7.07. The lowest BCUT2D eigenvalue weighted by molar-refractivity contribution is -0.138. The summed E-state index contributed by atoms with van der Waals surface area (Å²) in [7, 11) is 0. The van der Waals surface area contributed by atoms with Crippen molar-refractivity contribution in [2.24, 2.45) is 0 Å². The molecular weight excluding hydrogens is 380 g/mol. The smallest absolute Gasteiger partial charge is 0.335 e. The zero-order chi connectivity index (χ0) is 21.1. The number of amides is 2. The van der Waals surface area contributed by atoms with Crippen LogP contribution in [0.3, 0.4) is 0 Å². The van der Waals surface area contributed by atoms with Gasteiger partial charge >= 0.3 is 5.97 Å². The summed E-state index contributed by atoms with van der Waals surface area (Å²) in [6.07, 6.45) is -0.223. The number of anilines is 2. The fourth-order valence-electron chi connectivity index (χ4n) is 3.44. The van der Waals surface area contributed by atoms with Crippen molar-refractivity contribution in [2.45, 2.75) is 19.4 Å². The SMILES string of the molecule is Cc1cccc(C(=O)N2c3ccccc3OC(=O)[C@@H]2CC(=O)Nc2ccccc2)c1. The molecule has 6 heteroatoms. The van der Waals surface area contributed by atoms with Crippen molar-refractivity contribution in [1.82, 2.24) is 0 Å². The van der Waals surface area contributed by atoms with Crippen LogP contribution in [0.15, 0.2) is 78.9 Å². The lowest BCUT2D eigenvalue weighted by atomic mass is 10.0. The predicted molar refractivity (Wildman–Crippen MR) is 114 cm³/mol. The molecule has 0 aromatic heterocycles. The predicted octanol–water partition coefficient (Wildman–Crippen LogP) is 3.96. The standard InChI is InChI=1S/C24H20N2O4/c1-16-8-7-9-17(14-16)23(28)26-19-12-5-6-13-21(19)30-24(29)20(26)15-22(27)25-18-10-3-2-4-11-18/h2-14,20H,15H2,1H3,(H,25,27)/t20-/m0/s1. The third-order valence-electron chi connectivity index (χ3n) is 4.84. The highest BCUT2D eigenvalue weighted by Gasteiger charge is 2.40. The Kier molecular flexibility index (Phi) is 5.30. The van der Waals surface area contributed by atoms with E-state index in [9.17, 15) is 14.4 Å². The number of ether oxygens (including phenoxy) is 1. The molecule has 6 nitrogen and oxygen atoms in total. The van der Waals surface area contributed by atoms with E-state index in [0.717, 1.165) is 5.56 Å². The molecule has 3 aromatic rings. The second-order valence-corrected chi connectivity index (χ2v) is 7.07. The highest BCUT2D eigenvalue weighted by atomic mass is 16.5. The Morgan fingerprint density at radius 1 is 0.967 bits per heavy atom. The molecule has 1 heterocycles. The Bertz CT molecular complexity index is 1110. The van der Waals surface area contributed by atoms with Crippen LogP contribution in [0.2, 0.25) is 0 Å². The van der Waals surface area contributed by atoms with Crippen LogP contribution >= 0.6 is 0 Å². The fourth-order valence-corrected chi connectivity index (χ4v) is 3.44. The van der Waals surface area contributed by atoms with Crippen LogP contribution in [-0.2, 0) is 9.59 Å². The highest BCUT2D eigenvalue weighted by molar-refractivity contribution is 6.13. The van der Waals surface area contributed by atoms with Gasteiger partial charge in [-0.3, -0.25) is 14.5 Å². The van der Waals surface area contributed by atoms with Crippen molar-refractivity contribution in [3.63, 3.8) is 0 Å². The van der Waals surface area contributed by atoms with Gasteiger partial charge in [-0.15, -0.1) is 0 Å². The van der Waals surface area contributed by atoms with Crippen molar-refractivity contribution in [3.05, 3.63) is 90.0 Å². The fraction of sp³-hybridized carbons (Fsp3) is 0.125. The molecule has 0 saturated carbocycles. The van der Waals surface area contributed by atoms with Gasteiger partial charge in [0.15, 0.2) is 5.75 Å². The molecule has 150 valence electrons. The molecule has 0 bridgehead atoms. The molecule has 0 fully saturated rings. The van der Waals surface area contributed by atoms with E-state index >= 15 is 0 Å². The summed E-state index contributed by atoms with van der Waals surface area (Å²) >= 11 is 0. The van der Waals surface area contributed by atoms with Gasteiger partial charge in [0.2, 0.25) is 5.91 Å². The van der Waals surface area contributed by atoms with Crippen molar-refractivity contribution < 1.29 is 19.1 Å². The number of carbonyl (C=O) groups excluding carboxylic acids is 3. The normalized spacial score (nSPS) is 15.2. The van der Waals surface area contributed by atoms with Crippen LogP contribution in [0.5, 0.6) is 5.75 Å². The summed E-state index contributed by atoms with van der Waals surface area (Å²) in [5.74, 6) is -1.09. The molecule has 1 aliphatic rings. The maximum absolute atomic E-state index is 13.4. The molecule has 0 radical (unpaired) electrons. The van der Waals surface area contributed by atoms with E-state index in [1.807, 2.05) is 19.1 Å². The summed E-state index contributed by atoms with van der Waals surface area (Å²) < 4.78 is 5.42. The number of hydrogen-bond acceptors (Lipinski definition) is 4. The van der Waals surface area contributed by atoms with Crippen LogP contribution < -0.4 is 15.0 Å². The van der Waals surface area contributed by atoms with Gasteiger partial charge in [-0.25, -0.2) is 4.79 Å². The monoisotopic (exact) mass is 400 g/mol. The van der Waals surface area contributed by atoms with Crippen molar-refractivity contribution >= 4 is 29.2 Å². The summed E-state index contributed by atoms with van der Waals surface area (Å²) in [5, 5.41) is 2.76. The van der Waals surface area contributed by atoms with Crippen LogP contribution in [0.25, 0.3) is 0 Å². The van der Waals surface area contributed by atoms with Crippen LogP contribution in [0, 0.1) is 6.92 Å². The molecule has 1 atom stereocenters. The number of fused-ring (bicyclic) bond motifs is 1. The minimum Gasteiger partial charge on any atom is -0.423 e. The summed E-state index contributed by atoms with van der Waals surface area (Å²) in [6.45, 7) is 1.89. The van der Waals surface area contributed by atoms with Gasteiger partial charge in [0, 0.05) is 11.3 Å². The lowest BCUT2D eigenvalue weighted by Crippen LogP contribution is -2.51. The van der Waals surface area contributed by atoms with E-state index in [0.29, 0.717) is 22.7 Å². The van der Waals surface area contributed by atoms with Gasteiger partial charge < -0.3 is 10.1 Å². The molecule has 30 heavy (non-hydrogen) atoms. The molecule has 1 aliphatic heterocycles. The molecule has 0 unspecified atom stereocenters. The number of esters is 1. The summed E-state index contributed by atoms with van der Waals surface area (Å²) in [6, 6.07) is 21.8. The third-order valence-corrected chi connectivity index (χ3v) is 4.84. The molecule has 1 N–H and O–H groups in total. The van der Waals surface area contributed by atoms with E-state index < -0.39 is 12.0 Å². The first-order valence-electron chi connectivity index (χ1n) is 9.59. The summed E-state index contributed by atoms with van der Waals surface area (Å²) in [4.78, 5) is 40.2. The molecular formula is C24H20N2O4. The number of aryl methyl sites for hydroxylation is 1. The molecule has 3 aromatic carbocycles. The third kappa shape index (κ3) is 3.93. The van der Waals surface area contributed by atoms with Gasteiger partial charge in [0.05, 0.1) is 12.1 Å². The maximum Gasteiger partial charge on any atom is 0.335 e. The number of hydrogen-bond donors (Lipinski definition) is 1. The largest absolute Gasteiger partial charge is 0.423 e. The quantitative estimate of drug-likeness (QED) is 0.531. The number of benzene rings is 3. The number of para-hydroxylation sites is 3. The number of carbonyl (C=O) groups is 3. The lowest BCUT2D eigenvalue weighted by Gasteiger charge is -2.35. The minimum atomic E-state index is -1.07. The van der Waals surface area contributed by atoms with E-state index in [2.05, 4.69) is 5.32 Å². The average Bonchev–Trinajstić information content (AvgIpc) is 2.74. The molecule has 0 saturated heterocycles. The highest BCUT2D eigenvalue weighted by Crippen LogP contribution is 2.36. The Labute approximate surface area is 174 Å². The number of nitrogens with zero attached hydrogens (tertiary/aromatic N) is 1. The number of rotatable bonds is 4. The van der Waals surface area contributed by atoms with E-state index in [-0.39, 0.29) is 18.2 Å². The Hall–Kier alpha value is -3.93. The van der Waals surface area contributed by atoms with Crippen molar-refractivity contribution in [1.29, 1.82) is 0 Å². The van der Waals surface area contributed by atoms with Crippen molar-refractivity contribution in [2.75, 3.05) is 10.2 Å². The zero-order valence-corrected chi connectivity index (χ0v) is 16.4. The maximum atomic E-state index is 13.4. The van der Waals surface area contributed by atoms with Gasteiger partial charge in [-0.2, -0.15) is 0 Å². The Morgan fingerprint density at radius 3 is 2.47 bits per heavy atom. The van der Waals surface area contributed by atoms with Gasteiger partial charge in [0.1, 0.15) is 6.04 Å². The van der Waals surface area contributed by atoms with Gasteiger partial charge in [-0.1, -0.05) is 48.0 Å². The Morgan fingerprint density at radius 2 is 1.70 bits per heavy atom. The van der Waals surface area contributed by atoms with Crippen LogP contribution in [-0.4, -0.2) is 23.8 Å². The zero-order valence-electron chi connectivity index (χ0n) is 16.4. The number of nitrogens with one attached hydrogen (secondary N) is 1. The Balaban J connectivity index is 1.67. The second kappa shape index (κ2) is 8.21. The average molecular weight is 400 g/mol.